The van der Waals surface area contributed by atoms with Gasteiger partial charge in [-0.3, -0.25) is 4.99 Å². The van der Waals surface area contributed by atoms with E-state index in [4.69, 9.17) is 9.47 Å². The van der Waals surface area contributed by atoms with Crippen molar-refractivity contribution in [1.29, 1.82) is 0 Å². The van der Waals surface area contributed by atoms with Gasteiger partial charge in [-0.05, 0) is 31.1 Å². The topological polar surface area (TPSA) is 46.1 Å². The van der Waals surface area contributed by atoms with Gasteiger partial charge in [-0.1, -0.05) is 19.3 Å². The lowest BCUT2D eigenvalue weighted by atomic mass is 9.73. The standard InChI is InChI=1S/C17H33N3O2/c1-18-16(19-10-6-12-22-14-13-21-2)20-11-9-17(15-20)7-4-3-5-8-17/h3-15H2,1-2H3,(H,18,19). The van der Waals surface area contributed by atoms with Crippen LogP contribution in [0.15, 0.2) is 4.99 Å². The van der Waals surface area contributed by atoms with Crippen molar-refractivity contribution < 1.29 is 9.47 Å². The molecule has 1 saturated carbocycles. The molecule has 1 saturated heterocycles. The maximum Gasteiger partial charge on any atom is 0.193 e. The first-order valence-electron chi connectivity index (χ1n) is 8.82. The predicted octanol–water partition coefficient (Wildman–Crippen LogP) is 2.27. The first-order valence-corrected chi connectivity index (χ1v) is 8.82. The van der Waals surface area contributed by atoms with Crippen LogP contribution in [0.2, 0.25) is 0 Å². The van der Waals surface area contributed by atoms with Crippen LogP contribution in [0.25, 0.3) is 0 Å². The Morgan fingerprint density at radius 3 is 2.68 bits per heavy atom. The van der Waals surface area contributed by atoms with Gasteiger partial charge in [-0.25, -0.2) is 0 Å². The lowest BCUT2D eigenvalue weighted by Gasteiger charge is -2.33. The Hall–Kier alpha value is -0.810. The molecule has 1 heterocycles. The number of ether oxygens (including phenoxy) is 2. The van der Waals surface area contributed by atoms with E-state index < -0.39 is 0 Å². The first kappa shape index (κ1) is 17.5. The Labute approximate surface area is 135 Å². The Balaban J connectivity index is 1.65. The highest BCUT2D eigenvalue weighted by atomic mass is 16.5. The summed E-state index contributed by atoms with van der Waals surface area (Å²) in [7, 11) is 3.59. The van der Waals surface area contributed by atoms with Crippen molar-refractivity contribution in [2.45, 2.75) is 44.9 Å². The molecule has 5 heteroatoms. The SMILES string of the molecule is CN=C(NCCCOCCOC)N1CCC2(CCCCC2)C1. The zero-order valence-electron chi connectivity index (χ0n) is 14.4. The highest BCUT2D eigenvalue weighted by molar-refractivity contribution is 5.80. The Morgan fingerprint density at radius 2 is 1.95 bits per heavy atom. The summed E-state index contributed by atoms with van der Waals surface area (Å²) < 4.78 is 10.4. The molecule has 0 unspecified atom stereocenters. The van der Waals surface area contributed by atoms with Gasteiger partial charge in [0.15, 0.2) is 5.96 Å². The van der Waals surface area contributed by atoms with E-state index in [1.54, 1.807) is 7.11 Å². The lowest BCUT2D eigenvalue weighted by molar-refractivity contribution is 0.0698. The van der Waals surface area contributed by atoms with Crippen LogP contribution in [-0.4, -0.2) is 64.5 Å². The summed E-state index contributed by atoms with van der Waals surface area (Å²) >= 11 is 0. The summed E-state index contributed by atoms with van der Waals surface area (Å²) in [5.74, 6) is 1.07. The molecule has 128 valence electrons. The summed E-state index contributed by atoms with van der Waals surface area (Å²) in [4.78, 5) is 6.92. The minimum absolute atomic E-state index is 0.582. The molecule has 1 aliphatic heterocycles. The number of nitrogens with one attached hydrogen (secondary N) is 1. The van der Waals surface area contributed by atoms with Crippen LogP contribution in [0.1, 0.15) is 44.9 Å². The van der Waals surface area contributed by atoms with Gasteiger partial charge in [0.25, 0.3) is 0 Å². The van der Waals surface area contributed by atoms with E-state index in [0.717, 1.165) is 32.1 Å². The second-order valence-electron chi connectivity index (χ2n) is 6.66. The minimum Gasteiger partial charge on any atom is -0.382 e. The normalized spacial score (nSPS) is 21.5. The maximum atomic E-state index is 5.49. The van der Waals surface area contributed by atoms with Gasteiger partial charge < -0.3 is 19.7 Å². The van der Waals surface area contributed by atoms with E-state index in [1.807, 2.05) is 7.05 Å². The lowest BCUT2D eigenvalue weighted by Crippen LogP contribution is -2.42. The molecule has 2 aliphatic rings. The average Bonchev–Trinajstić information content (AvgIpc) is 2.94. The number of hydrogen-bond donors (Lipinski definition) is 1. The molecule has 0 amide bonds. The van der Waals surface area contributed by atoms with Crippen LogP contribution in [0.3, 0.4) is 0 Å². The van der Waals surface area contributed by atoms with Gasteiger partial charge in [-0.2, -0.15) is 0 Å². The second kappa shape index (κ2) is 9.36. The third kappa shape index (κ3) is 5.13. The van der Waals surface area contributed by atoms with E-state index in [9.17, 15) is 0 Å². The molecule has 1 spiro atoms. The van der Waals surface area contributed by atoms with Crippen molar-refractivity contribution in [3.8, 4) is 0 Å². The molecular weight excluding hydrogens is 278 g/mol. The largest absolute Gasteiger partial charge is 0.382 e. The van der Waals surface area contributed by atoms with E-state index in [-0.39, 0.29) is 0 Å². The molecule has 1 aliphatic carbocycles. The molecule has 0 aromatic rings. The van der Waals surface area contributed by atoms with Crippen molar-refractivity contribution >= 4 is 5.96 Å². The minimum atomic E-state index is 0.582. The van der Waals surface area contributed by atoms with Crippen molar-refractivity contribution in [1.82, 2.24) is 10.2 Å². The number of guanidine groups is 1. The maximum absolute atomic E-state index is 5.49. The smallest absolute Gasteiger partial charge is 0.193 e. The van der Waals surface area contributed by atoms with Gasteiger partial charge in [0, 0.05) is 40.4 Å². The van der Waals surface area contributed by atoms with Crippen LogP contribution >= 0.6 is 0 Å². The third-order valence-corrected chi connectivity index (χ3v) is 5.04. The van der Waals surface area contributed by atoms with Crippen LogP contribution in [0, 0.1) is 5.41 Å². The second-order valence-corrected chi connectivity index (χ2v) is 6.66. The molecule has 0 radical (unpaired) electrons. The van der Waals surface area contributed by atoms with E-state index in [0.29, 0.717) is 18.6 Å². The fourth-order valence-corrected chi connectivity index (χ4v) is 3.78. The van der Waals surface area contributed by atoms with E-state index >= 15 is 0 Å². The summed E-state index contributed by atoms with van der Waals surface area (Å²) in [6, 6.07) is 0. The van der Waals surface area contributed by atoms with Gasteiger partial charge in [0.05, 0.1) is 13.2 Å². The summed E-state index contributed by atoms with van der Waals surface area (Å²) in [5, 5.41) is 3.49. The van der Waals surface area contributed by atoms with E-state index in [2.05, 4.69) is 15.2 Å². The molecule has 0 bridgehead atoms. The number of nitrogens with zero attached hydrogens (tertiary/aromatic N) is 2. The summed E-state index contributed by atoms with van der Waals surface area (Å²) in [5.41, 5.74) is 0.582. The third-order valence-electron chi connectivity index (χ3n) is 5.04. The predicted molar refractivity (Wildman–Crippen MR) is 90.4 cm³/mol. The molecule has 0 aromatic heterocycles. The van der Waals surface area contributed by atoms with Gasteiger partial charge >= 0.3 is 0 Å². The van der Waals surface area contributed by atoms with Gasteiger partial charge in [-0.15, -0.1) is 0 Å². The van der Waals surface area contributed by atoms with Crippen molar-refractivity contribution in [3.05, 3.63) is 0 Å². The highest BCUT2D eigenvalue weighted by Crippen LogP contribution is 2.43. The monoisotopic (exact) mass is 311 g/mol. The van der Waals surface area contributed by atoms with Crippen LogP contribution < -0.4 is 5.32 Å². The summed E-state index contributed by atoms with van der Waals surface area (Å²) in [6.45, 7) is 5.40. The molecule has 0 aromatic carbocycles. The number of likely N-dealkylation sites (tertiary alicyclic amines) is 1. The number of aliphatic imine (C=N–C) groups is 1. The Kier molecular flexibility index (Phi) is 7.46. The quantitative estimate of drug-likeness (QED) is 0.445. The Bertz CT molecular complexity index is 341. The molecule has 2 fully saturated rings. The molecule has 1 N–H and O–H groups in total. The van der Waals surface area contributed by atoms with Crippen LogP contribution in [0.4, 0.5) is 0 Å². The van der Waals surface area contributed by atoms with Crippen LogP contribution in [0.5, 0.6) is 0 Å². The van der Waals surface area contributed by atoms with E-state index in [1.165, 1.54) is 45.1 Å². The Morgan fingerprint density at radius 1 is 1.14 bits per heavy atom. The fourth-order valence-electron chi connectivity index (χ4n) is 3.78. The summed E-state index contributed by atoms with van der Waals surface area (Å²) in [6.07, 6.45) is 9.42. The van der Waals surface area contributed by atoms with Crippen molar-refractivity contribution in [2.75, 3.05) is 53.6 Å². The highest BCUT2D eigenvalue weighted by Gasteiger charge is 2.39. The zero-order valence-corrected chi connectivity index (χ0v) is 14.4. The zero-order chi connectivity index (χ0) is 15.7. The molecule has 22 heavy (non-hydrogen) atoms. The number of rotatable bonds is 7. The molecule has 0 atom stereocenters. The number of methoxy groups -OCH3 is 1. The average molecular weight is 311 g/mol. The van der Waals surface area contributed by atoms with Gasteiger partial charge in [0.1, 0.15) is 0 Å². The van der Waals surface area contributed by atoms with Gasteiger partial charge in [0.2, 0.25) is 0 Å². The van der Waals surface area contributed by atoms with Crippen LogP contribution in [-0.2, 0) is 9.47 Å². The molecule has 5 nitrogen and oxygen atoms in total. The molecular formula is C17H33N3O2. The number of hydrogen-bond acceptors (Lipinski definition) is 3. The fraction of sp³-hybridized carbons (Fsp3) is 0.941. The molecule has 2 rings (SSSR count). The van der Waals surface area contributed by atoms with Crippen molar-refractivity contribution in [2.24, 2.45) is 10.4 Å². The first-order chi connectivity index (χ1) is 10.8. The van der Waals surface area contributed by atoms with Crippen molar-refractivity contribution in [3.63, 3.8) is 0 Å².